The summed E-state index contributed by atoms with van der Waals surface area (Å²) in [6.07, 6.45) is 3.76. The second-order valence-electron chi connectivity index (χ2n) is 5.02. The summed E-state index contributed by atoms with van der Waals surface area (Å²) in [6, 6.07) is 17.4. The van der Waals surface area contributed by atoms with Crippen molar-refractivity contribution in [2.24, 2.45) is 0 Å². The Morgan fingerprint density at radius 3 is 2.62 bits per heavy atom. The van der Waals surface area contributed by atoms with Gasteiger partial charge in [-0.15, -0.1) is 0 Å². The van der Waals surface area contributed by atoms with Crippen molar-refractivity contribution in [1.29, 1.82) is 0 Å². The van der Waals surface area contributed by atoms with Crippen LogP contribution in [0.2, 0.25) is 0 Å². The largest absolute Gasteiger partial charge is 0.457 e. The number of amides is 1. The number of hydrogen-bond donors (Lipinski definition) is 1. The summed E-state index contributed by atoms with van der Waals surface area (Å²) in [4.78, 5) is 11.8. The standard InChI is InChI=1S/C18H17NO2/c20-18-15(7-5-11-19-18)12-14-6-4-10-17(13-14)21-16-8-2-1-3-9-16/h1-4,6,8-10,12-13H,5,7,11H2,(H,19,20). The zero-order valence-electron chi connectivity index (χ0n) is 11.7. The maximum atomic E-state index is 11.8. The van der Waals surface area contributed by atoms with E-state index in [-0.39, 0.29) is 5.91 Å². The number of carbonyl (C=O) groups excluding carboxylic acids is 1. The first-order valence-corrected chi connectivity index (χ1v) is 7.13. The number of para-hydroxylation sites is 1. The minimum absolute atomic E-state index is 0.0376. The SMILES string of the molecule is O=C1NCCCC1=Cc1cccc(Oc2ccccc2)c1. The Labute approximate surface area is 124 Å². The van der Waals surface area contributed by atoms with Crippen molar-refractivity contribution < 1.29 is 9.53 Å². The Kier molecular flexibility index (Phi) is 4.01. The predicted molar refractivity (Wildman–Crippen MR) is 83.2 cm³/mol. The van der Waals surface area contributed by atoms with Crippen molar-refractivity contribution in [3.63, 3.8) is 0 Å². The van der Waals surface area contributed by atoms with Crippen LogP contribution in [-0.2, 0) is 4.79 Å². The zero-order valence-corrected chi connectivity index (χ0v) is 11.7. The highest BCUT2D eigenvalue weighted by molar-refractivity contribution is 5.98. The fourth-order valence-electron chi connectivity index (χ4n) is 2.34. The van der Waals surface area contributed by atoms with Crippen molar-refractivity contribution in [3.8, 4) is 11.5 Å². The molecule has 1 saturated heterocycles. The van der Waals surface area contributed by atoms with Crippen LogP contribution in [0.15, 0.2) is 60.2 Å². The number of benzene rings is 2. The molecule has 1 heterocycles. The smallest absolute Gasteiger partial charge is 0.247 e. The minimum Gasteiger partial charge on any atom is -0.457 e. The summed E-state index contributed by atoms with van der Waals surface area (Å²) in [6.45, 7) is 0.771. The molecule has 106 valence electrons. The summed E-state index contributed by atoms with van der Waals surface area (Å²) in [5.74, 6) is 1.61. The molecule has 0 aromatic heterocycles. The summed E-state index contributed by atoms with van der Waals surface area (Å²) >= 11 is 0. The van der Waals surface area contributed by atoms with Gasteiger partial charge in [-0.05, 0) is 48.7 Å². The molecule has 1 amide bonds. The lowest BCUT2D eigenvalue weighted by Gasteiger charge is -2.14. The minimum atomic E-state index is 0.0376. The van der Waals surface area contributed by atoms with Gasteiger partial charge in [0.05, 0.1) is 0 Å². The molecule has 0 aliphatic carbocycles. The van der Waals surface area contributed by atoms with Crippen molar-refractivity contribution in [2.75, 3.05) is 6.54 Å². The molecule has 1 aliphatic heterocycles. The third kappa shape index (κ3) is 3.51. The van der Waals surface area contributed by atoms with Gasteiger partial charge in [0.2, 0.25) is 5.91 Å². The lowest BCUT2D eigenvalue weighted by atomic mass is 10.0. The van der Waals surface area contributed by atoms with Gasteiger partial charge >= 0.3 is 0 Å². The third-order valence-corrected chi connectivity index (χ3v) is 3.38. The quantitative estimate of drug-likeness (QED) is 0.868. The highest BCUT2D eigenvalue weighted by atomic mass is 16.5. The van der Waals surface area contributed by atoms with Gasteiger partial charge in [-0.2, -0.15) is 0 Å². The Morgan fingerprint density at radius 2 is 1.81 bits per heavy atom. The maximum absolute atomic E-state index is 11.8. The van der Waals surface area contributed by atoms with Crippen LogP contribution in [0.25, 0.3) is 6.08 Å². The van der Waals surface area contributed by atoms with Crippen molar-refractivity contribution in [2.45, 2.75) is 12.8 Å². The topological polar surface area (TPSA) is 38.3 Å². The number of nitrogens with one attached hydrogen (secondary N) is 1. The molecule has 1 N–H and O–H groups in total. The summed E-state index contributed by atoms with van der Waals surface area (Å²) in [5, 5.41) is 2.87. The molecule has 1 aliphatic rings. The van der Waals surface area contributed by atoms with Gasteiger partial charge in [0.1, 0.15) is 11.5 Å². The average Bonchev–Trinajstić information content (AvgIpc) is 2.51. The third-order valence-electron chi connectivity index (χ3n) is 3.38. The van der Waals surface area contributed by atoms with Gasteiger partial charge in [0.25, 0.3) is 0 Å². The molecule has 2 aromatic rings. The first-order chi connectivity index (χ1) is 10.3. The van der Waals surface area contributed by atoms with E-state index in [4.69, 9.17) is 4.74 Å². The van der Waals surface area contributed by atoms with Crippen LogP contribution in [-0.4, -0.2) is 12.5 Å². The van der Waals surface area contributed by atoms with E-state index in [1.54, 1.807) is 0 Å². The molecule has 21 heavy (non-hydrogen) atoms. The lowest BCUT2D eigenvalue weighted by Crippen LogP contribution is -2.30. The number of hydrogen-bond acceptors (Lipinski definition) is 2. The molecule has 0 unspecified atom stereocenters. The van der Waals surface area contributed by atoms with Crippen LogP contribution in [0, 0.1) is 0 Å². The molecule has 2 aromatic carbocycles. The van der Waals surface area contributed by atoms with Crippen molar-refractivity contribution in [3.05, 3.63) is 65.7 Å². The monoisotopic (exact) mass is 279 g/mol. The van der Waals surface area contributed by atoms with Gasteiger partial charge in [0, 0.05) is 12.1 Å². The molecule has 3 nitrogen and oxygen atoms in total. The summed E-state index contributed by atoms with van der Waals surface area (Å²) < 4.78 is 5.81. The van der Waals surface area contributed by atoms with E-state index in [0.29, 0.717) is 0 Å². The normalized spacial score (nSPS) is 16.6. The molecular weight excluding hydrogens is 262 g/mol. The second kappa shape index (κ2) is 6.27. The Balaban J connectivity index is 1.80. The van der Waals surface area contributed by atoms with Gasteiger partial charge < -0.3 is 10.1 Å². The molecule has 0 saturated carbocycles. The fourth-order valence-corrected chi connectivity index (χ4v) is 2.34. The molecule has 0 radical (unpaired) electrons. The number of ether oxygens (including phenoxy) is 1. The highest BCUT2D eigenvalue weighted by Gasteiger charge is 2.13. The second-order valence-corrected chi connectivity index (χ2v) is 5.02. The molecular formula is C18H17NO2. The zero-order chi connectivity index (χ0) is 14.5. The average molecular weight is 279 g/mol. The number of carbonyl (C=O) groups is 1. The summed E-state index contributed by atoms with van der Waals surface area (Å²) in [5.41, 5.74) is 1.81. The molecule has 1 fully saturated rings. The van der Waals surface area contributed by atoms with E-state index in [2.05, 4.69) is 5.32 Å². The summed E-state index contributed by atoms with van der Waals surface area (Å²) in [7, 11) is 0. The highest BCUT2D eigenvalue weighted by Crippen LogP contribution is 2.23. The van der Waals surface area contributed by atoms with E-state index < -0.39 is 0 Å². The van der Waals surface area contributed by atoms with E-state index in [0.717, 1.165) is 42.0 Å². The van der Waals surface area contributed by atoms with Gasteiger partial charge in [-0.1, -0.05) is 30.3 Å². The maximum Gasteiger partial charge on any atom is 0.247 e. The Morgan fingerprint density at radius 1 is 1.00 bits per heavy atom. The van der Waals surface area contributed by atoms with Crippen LogP contribution >= 0.6 is 0 Å². The number of piperidine rings is 1. The first-order valence-electron chi connectivity index (χ1n) is 7.13. The van der Waals surface area contributed by atoms with Gasteiger partial charge in [-0.3, -0.25) is 4.79 Å². The van der Waals surface area contributed by atoms with Crippen LogP contribution in [0.5, 0.6) is 11.5 Å². The van der Waals surface area contributed by atoms with E-state index in [1.807, 2.05) is 60.7 Å². The van der Waals surface area contributed by atoms with E-state index in [9.17, 15) is 4.79 Å². The van der Waals surface area contributed by atoms with Crippen LogP contribution in [0.1, 0.15) is 18.4 Å². The number of rotatable bonds is 3. The molecule has 0 bridgehead atoms. The van der Waals surface area contributed by atoms with Crippen LogP contribution in [0.4, 0.5) is 0 Å². The van der Waals surface area contributed by atoms with Crippen LogP contribution < -0.4 is 10.1 Å². The van der Waals surface area contributed by atoms with Crippen molar-refractivity contribution >= 4 is 12.0 Å². The van der Waals surface area contributed by atoms with Crippen molar-refractivity contribution in [1.82, 2.24) is 5.32 Å². The van der Waals surface area contributed by atoms with Gasteiger partial charge in [-0.25, -0.2) is 0 Å². The van der Waals surface area contributed by atoms with Crippen LogP contribution in [0.3, 0.4) is 0 Å². The fraction of sp³-hybridized carbons (Fsp3) is 0.167. The molecule has 0 spiro atoms. The molecule has 3 heteroatoms. The molecule has 3 rings (SSSR count). The van der Waals surface area contributed by atoms with E-state index >= 15 is 0 Å². The Bertz CT molecular complexity index is 662. The Hall–Kier alpha value is -2.55. The van der Waals surface area contributed by atoms with E-state index in [1.165, 1.54) is 0 Å². The van der Waals surface area contributed by atoms with Gasteiger partial charge in [0.15, 0.2) is 0 Å². The molecule has 0 atom stereocenters. The lowest BCUT2D eigenvalue weighted by molar-refractivity contribution is -0.118. The first kappa shape index (κ1) is 13.4. The predicted octanol–water partition coefficient (Wildman–Crippen LogP) is 3.77.